The van der Waals surface area contributed by atoms with Crippen molar-refractivity contribution in [3.63, 3.8) is 0 Å². The fraction of sp³-hybridized carbons (Fsp3) is 0.583. The van der Waals surface area contributed by atoms with Gasteiger partial charge in [0.15, 0.2) is 0 Å². The Kier molecular flexibility index (Phi) is 8.17. The highest BCUT2D eigenvalue weighted by Gasteiger charge is 2.14. The van der Waals surface area contributed by atoms with E-state index in [4.69, 9.17) is 23.2 Å². The Bertz CT molecular complexity index is 436. The van der Waals surface area contributed by atoms with Crippen molar-refractivity contribution in [1.29, 1.82) is 0 Å². The van der Waals surface area contributed by atoms with Crippen molar-refractivity contribution in [2.45, 2.75) is 6.42 Å². The summed E-state index contributed by atoms with van der Waals surface area (Å²) in [6, 6.07) is 1.61. The van der Waals surface area contributed by atoms with Crippen molar-refractivity contribution in [2.75, 3.05) is 39.3 Å². The first-order valence-corrected chi connectivity index (χ1v) is 7.90. The Morgan fingerprint density at radius 3 is 2.70 bits per heavy atom. The molecule has 20 heavy (non-hydrogen) atoms. The summed E-state index contributed by atoms with van der Waals surface area (Å²) >= 11 is 13.0. The average Bonchev–Trinajstić information content (AvgIpc) is 2.75. The Morgan fingerprint density at radius 1 is 1.40 bits per heavy atom. The summed E-state index contributed by atoms with van der Waals surface area (Å²) in [6.07, 6.45) is 0.946. The van der Waals surface area contributed by atoms with E-state index >= 15 is 0 Å². The van der Waals surface area contributed by atoms with Crippen molar-refractivity contribution in [1.82, 2.24) is 15.5 Å². The zero-order valence-electron chi connectivity index (χ0n) is 11.0. The minimum absolute atomic E-state index is 0. The molecular weight excluding hydrogens is 341 g/mol. The van der Waals surface area contributed by atoms with Crippen LogP contribution in [0.25, 0.3) is 0 Å². The quantitative estimate of drug-likeness (QED) is 0.795. The van der Waals surface area contributed by atoms with Gasteiger partial charge >= 0.3 is 0 Å². The Morgan fingerprint density at radius 2 is 2.10 bits per heavy atom. The largest absolute Gasteiger partial charge is 0.352 e. The number of hydrogen-bond acceptors (Lipinski definition) is 4. The molecule has 2 N–H and O–H groups in total. The molecule has 1 aromatic heterocycles. The molecule has 4 nitrogen and oxygen atoms in total. The minimum Gasteiger partial charge on any atom is -0.352 e. The molecule has 8 heteroatoms. The summed E-state index contributed by atoms with van der Waals surface area (Å²) in [5.74, 6) is -0.145. The van der Waals surface area contributed by atoms with Crippen LogP contribution in [0.1, 0.15) is 16.8 Å². The molecule has 0 spiro atoms. The second-order valence-corrected chi connectivity index (χ2v) is 6.72. The van der Waals surface area contributed by atoms with Crippen LogP contribution < -0.4 is 10.6 Å². The number of carbonyl (C=O) groups excluding carboxylic acids is 1. The highest BCUT2D eigenvalue weighted by molar-refractivity contribution is 7.20. The molecule has 0 atom stereocenters. The van der Waals surface area contributed by atoms with Gasteiger partial charge in [0.2, 0.25) is 0 Å². The van der Waals surface area contributed by atoms with Gasteiger partial charge in [-0.2, -0.15) is 0 Å². The summed E-state index contributed by atoms with van der Waals surface area (Å²) in [5, 5.41) is 6.19. The van der Waals surface area contributed by atoms with Crippen molar-refractivity contribution < 1.29 is 4.79 Å². The lowest BCUT2D eigenvalue weighted by molar-refractivity contribution is 0.0952. The van der Waals surface area contributed by atoms with Gasteiger partial charge < -0.3 is 15.5 Å². The molecule has 2 heterocycles. The number of carbonyl (C=O) groups is 1. The monoisotopic (exact) mass is 357 g/mol. The lowest BCUT2D eigenvalue weighted by Crippen LogP contribution is -2.44. The molecular formula is C12H18Cl3N3OS. The molecule has 2 rings (SSSR count). The maximum absolute atomic E-state index is 11.9. The second-order valence-electron chi connectivity index (χ2n) is 4.44. The molecule has 0 saturated carbocycles. The van der Waals surface area contributed by atoms with E-state index in [1.54, 1.807) is 6.07 Å². The summed E-state index contributed by atoms with van der Waals surface area (Å²) in [5.41, 5.74) is 0.471. The van der Waals surface area contributed by atoms with Gasteiger partial charge in [0.25, 0.3) is 5.91 Å². The first-order chi connectivity index (χ1) is 9.16. The fourth-order valence-electron chi connectivity index (χ4n) is 2.03. The molecule has 1 fully saturated rings. The van der Waals surface area contributed by atoms with E-state index in [0.29, 0.717) is 20.8 Å². The fourth-order valence-corrected chi connectivity index (χ4v) is 3.49. The Labute approximate surface area is 139 Å². The number of nitrogens with one attached hydrogen (secondary N) is 2. The van der Waals surface area contributed by atoms with Gasteiger partial charge in [-0.1, -0.05) is 23.2 Å². The molecule has 1 amide bonds. The SMILES string of the molecule is Cl.O=C(NCCCN1CCNCC1)c1cc(Cl)sc1Cl. The van der Waals surface area contributed by atoms with E-state index in [-0.39, 0.29) is 18.3 Å². The Hall–Kier alpha value is -0.0400. The first-order valence-electron chi connectivity index (χ1n) is 6.33. The van der Waals surface area contributed by atoms with Crippen LogP contribution in [-0.2, 0) is 0 Å². The predicted octanol–water partition coefficient (Wildman–Crippen LogP) is 2.50. The van der Waals surface area contributed by atoms with Crippen molar-refractivity contribution in [2.24, 2.45) is 0 Å². The molecule has 1 aliphatic heterocycles. The zero-order chi connectivity index (χ0) is 13.7. The second kappa shape index (κ2) is 9.07. The lowest BCUT2D eigenvalue weighted by atomic mass is 10.3. The van der Waals surface area contributed by atoms with Crippen molar-refractivity contribution in [3.05, 3.63) is 20.3 Å². The van der Waals surface area contributed by atoms with Crippen LogP contribution in [0.5, 0.6) is 0 Å². The highest BCUT2D eigenvalue weighted by Crippen LogP contribution is 2.30. The van der Waals surface area contributed by atoms with Crippen LogP contribution in [0.2, 0.25) is 8.67 Å². The average molecular weight is 359 g/mol. The van der Waals surface area contributed by atoms with E-state index in [1.165, 1.54) is 11.3 Å². The summed E-state index contributed by atoms with van der Waals surface area (Å²) in [4.78, 5) is 14.3. The maximum atomic E-state index is 11.9. The van der Waals surface area contributed by atoms with E-state index < -0.39 is 0 Å². The number of hydrogen-bond donors (Lipinski definition) is 2. The number of piperazine rings is 1. The molecule has 0 aromatic carbocycles. The molecule has 0 bridgehead atoms. The van der Waals surface area contributed by atoms with Crippen LogP contribution in [0.15, 0.2) is 6.07 Å². The van der Waals surface area contributed by atoms with Gasteiger partial charge in [0.05, 0.1) is 9.90 Å². The molecule has 1 aromatic rings. The smallest absolute Gasteiger partial charge is 0.253 e. The number of amides is 1. The topological polar surface area (TPSA) is 44.4 Å². The van der Waals surface area contributed by atoms with Crippen LogP contribution in [0.3, 0.4) is 0 Å². The van der Waals surface area contributed by atoms with Gasteiger partial charge in [-0.3, -0.25) is 4.79 Å². The van der Waals surface area contributed by atoms with Gasteiger partial charge in [-0.05, 0) is 19.0 Å². The molecule has 1 saturated heterocycles. The third-order valence-electron chi connectivity index (χ3n) is 3.05. The summed E-state index contributed by atoms with van der Waals surface area (Å²) in [6.45, 7) is 5.94. The highest BCUT2D eigenvalue weighted by atomic mass is 35.5. The maximum Gasteiger partial charge on any atom is 0.253 e. The van der Waals surface area contributed by atoms with E-state index in [9.17, 15) is 4.79 Å². The van der Waals surface area contributed by atoms with Gasteiger partial charge in [-0.15, -0.1) is 23.7 Å². The summed E-state index contributed by atoms with van der Waals surface area (Å²) < 4.78 is 0.987. The molecule has 0 unspecified atom stereocenters. The first kappa shape index (κ1) is 18.0. The van der Waals surface area contributed by atoms with Gasteiger partial charge in [-0.25, -0.2) is 0 Å². The van der Waals surface area contributed by atoms with E-state index in [1.807, 2.05) is 0 Å². The number of nitrogens with zero attached hydrogens (tertiary/aromatic N) is 1. The molecule has 1 aliphatic rings. The van der Waals surface area contributed by atoms with Crippen LogP contribution in [0, 0.1) is 0 Å². The molecule has 114 valence electrons. The molecule has 0 aliphatic carbocycles. The number of rotatable bonds is 5. The van der Waals surface area contributed by atoms with Crippen LogP contribution in [0.4, 0.5) is 0 Å². The van der Waals surface area contributed by atoms with Crippen molar-refractivity contribution >= 4 is 52.9 Å². The molecule has 0 radical (unpaired) electrons. The standard InChI is InChI=1S/C12H17Cl2N3OS.ClH/c13-10-8-9(11(14)19-10)12(18)16-2-1-5-17-6-3-15-4-7-17;/h8,15H,1-7H2,(H,16,18);1H. The predicted molar refractivity (Wildman–Crippen MR) is 87.8 cm³/mol. The summed E-state index contributed by atoms with van der Waals surface area (Å²) in [7, 11) is 0. The number of halogens is 3. The third-order valence-corrected chi connectivity index (χ3v) is 4.54. The number of thiophene rings is 1. The Balaban J connectivity index is 0.00000200. The van der Waals surface area contributed by atoms with Gasteiger partial charge in [0.1, 0.15) is 4.34 Å². The minimum atomic E-state index is -0.145. The van der Waals surface area contributed by atoms with E-state index in [2.05, 4.69) is 15.5 Å². The lowest BCUT2D eigenvalue weighted by Gasteiger charge is -2.27. The van der Waals surface area contributed by atoms with Gasteiger partial charge in [0, 0.05) is 32.7 Å². The van der Waals surface area contributed by atoms with E-state index in [0.717, 1.165) is 39.1 Å². The third kappa shape index (κ3) is 5.39. The van der Waals surface area contributed by atoms with Crippen LogP contribution in [-0.4, -0.2) is 50.1 Å². The van der Waals surface area contributed by atoms with Crippen molar-refractivity contribution in [3.8, 4) is 0 Å². The normalized spacial score (nSPS) is 15.7. The zero-order valence-corrected chi connectivity index (χ0v) is 14.1. The van der Waals surface area contributed by atoms with Crippen LogP contribution >= 0.6 is 46.9 Å².